The Balaban J connectivity index is 2.59. The lowest BCUT2D eigenvalue weighted by Crippen LogP contribution is -1.99. The highest BCUT2D eigenvalue weighted by molar-refractivity contribution is 5.48. The highest BCUT2D eigenvalue weighted by atomic mass is 15.1. The van der Waals surface area contributed by atoms with E-state index in [1.165, 1.54) is 0 Å². The number of hydrogen-bond acceptors (Lipinski definition) is 2. The maximum Gasteiger partial charge on any atom is 0.110 e. The molecule has 3 nitrogen and oxygen atoms in total. The first-order chi connectivity index (χ1) is 6.68. The summed E-state index contributed by atoms with van der Waals surface area (Å²) in [5.41, 5.74) is 8.69. The van der Waals surface area contributed by atoms with E-state index in [-0.39, 0.29) is 0 Å². The van der Waals surface area contributed by atoms with Crippen LogP contribution in [0.5, 0.6) is 0 Å². The van der Waals surface area contributed by atoms with E-state index < -0.39 is 0 Å². The van der Waals surface area contributed by atoms with Gasteiger partial charge in [0, 0.05) is 23.3 Å². The molecule has 1 aromatic heterocycles. The lowest BCUT2D eigenvalue weighted by Gasteiger charge is -2.07. The zero-order valence-corrected chi connectivity index (χ0v) is 8.36. The fourth-order valence-electron chi connectivity index (χ4n) is 1.61. The third-order valence-corrected chi connectivity index (χ3v) is 2.24. The van der Waals surface area contributed by atoms with Gasteiger partial charge in [-0.05, 0) is 32.0 Å². The summed E-state index contributed by atoms with van der Waals surface area (Å²) in [4.78, 5) is 4.24. The summed E-state index contributed by atoms with van der Waals surface area (Å²) in [5, 5.41) is 0. The van der Waals surface area contributed by atoms with Gasteiger partial charge in [-0.1, -0.05) is 6.07 Å². The second-order valence-corrected chi connectivity index (χ2v) is 3.38. The van der Waals surface area contributed by atoms with Gasteiger partial charge in [0.15, 0.2) is 0 Å². The van der Waals surface area contributed by atoms with Crippen molar-refractivity contribution in [3.63, 3.8) is 0 Å². The van der Waals surface area contributed by atoms with E-state index >= 15 is 0 Å². The molecular weight excluding hydrogens is 174 g/mol. The quantitative estimate of drug-likeness (QED) is 0.694. The number of nitrogens with zero attached hydrogens (tertiary/aromatic N) is 2. The molecule has 2 aromatic rings. The van der Waals surface area contributed by atoms with E-state index in [4.69, 9.17) is 5.73 Å². The van der Waals surface area contributed by atoms with Crippen molar-refractivity contribution in [3.05, 3.63) is 42.0 Å². The molecule has 0 spiro atoms. The van der Waals surface area contributed by atoms with Gasteiger partial charge >= 0.3 is 0 Å². The van der Waals surface area contributed by atoms with Crippen molar-refractivity contribution in [2.24, 2.45) is 0 Å². The van der Waals surface area contributed by atoms with E-state index in [1.807, 2.05) is 44.3 Å². The average Bonchev–Trinajstić information content (AvgIpc) is 2.46. The Labute approximate surface area is 83.2 Å². The molecule has 1 aromatic carbocycles. The van der Waals surface area contributed by atoms with Crippen LogP contribution >= 0.6 is 0 Å². The zero-order chi connectivity index (χ0) is 10.1. The Kier molecular flexibility index (Phi) is 2.00. The summed E-state index contributed by atoms with van der Waals surface area (Å²) in [7, 11) is 0. The van der Waals surface area contributed by atoms with E-state index in [9.17, 15) is 0 Å². The summed E-state index contributed by atoms with van der Waals surface area (Å²) in [5.74, 6) is 0.980. The second kappa shape index (κ2) is 3.18. The van der Waals surface area contributed by atoms with Gasteiger partial charge in [0.05, 0.1) is 0 Å². The molecule has 0 atom stereocenters. The van der Waals surface area contributed by atoms with E-state index in [0.717, 1.165) is 22.9 Å². The van der Waals surface area contributed by atoms with Crippen molar-refractivity contribution in [2.45, 2.75) is 13.8 Å². The zero-order valence-electron chi connectivity index (χ0n) is 8.36. The van der Waals surface area contributed by atoms with E-state index in [1.54, 1.807) is 0 Å². The summed E-state index contributed by atoms with van der Waals surface area (Å²) in [6.07, 6.45) is 1.86. The molecule has 0 unspecified atom stereocenters. The monoisotopic (exact) mass is 187 g/mol. The maximum atomic E-state index is 5.73. The van der Waals surface area contributed by atoms with Gasteiger partial charge in [0.1, 0.15) is 5.82 Å². The first kappa shape index (κ1) is 8.81. The van der Waals surface area contributed by atoms with Crippen molar-refractivity contribution in [1.82, 2.24) is 9.55 Å². The van der Waals surface area contributed by atoms with Gasteiger partial charge in [0.25, 0.3) is 0 Å². The van der Waals surface area contributed by atoms with Crippen LogP contribution in [0.2, 0.25) is 0 Å². The predicted molar refractivity (Wildman–Crippen MR) is 57.5 cm³/mol. The Hall–Kier alpha value is -1.77. The second-order valence-electron chi connectivity index (χ2n) is 3.38. The molecule has 3 heteroatoms. The van der Waals surface area contributed by atoms with Gasteiger partial charge < -0.3 is 10.3 Å². The molecule has 72 valence electrons. The minimum absolute atomic E-state index is 0.773. The number of hydrogen-bond donors (Lipinski definition) is 1. The number of imidazole rings is 1. The molecule has 2 N–H and O–H groups in total. The summed E-state index contributed by atoms with van der Waals surface area (Å²) < 4.78 is 2.08. The normalized spacial score (nSPS) is 10.4. The Morgan fingerprint density at radius 3 is 2.64 bits per heavy atom. The molecule has 0 radical (unpaired) electrons. The number of benzene rings is 1. The van der Waals surface area contributed by atoms with Gasteiger partial charge in [0.2, 0.25) is 0 Å². The highest BCUT2D eigenvalue weighted by Crippen LogP contribution is 2.16. The number of aryl methyl sites for hydroxylation is 2. The molecule has 0 amide bonds. The third kappa shape index (κ3) is 1.37. The van der Waals surface area contributed by atoms with Crippen molar-refractivity contribution >= 4 is 5.69 Å². The molecule has 0 aliphatic carbocycles. The number of rotatable bonds is 1. The largest absolute Gasteiger partial charge is 0.399 e. The topological polar surface area (TPSA) is 43.8 Å². The number of aromatic nitrogens is 2. The first-order valence-corrected chi connectivity index (χ1v) is 4.55. The minimum Gasteiger partial charge on any atom is -0.399 e. The smallest absolute Gasteiger partial charge is 0.110 e. The molecule has 14 heavy (non-hydrogen) atoms. The van der Waals surface area contributed by atoms with Crippen LogP contribution < -0.4 is 5.73 Å². The van der Waals surface area contributed by atoms with Gasteiger partial charge in [-0.3, -0.25) is 0 Å². The molecule has 0 saturated heterocycles. The van der Waals surface area contributed by atoms with Crippen molar-refractivity contribution in [3.8, 4) is 5.69 Å². The lowest BCUT2D eigenvalue weighted by atomic mass is 10.2. The van der Waals surface area contributed by atoms with Gasteiger partial charge in [-0.15, -0.1) is 0 Å². The third-order valence-electron chi connectivity index (χ3n) is 2.24. The standard InChI is InChI=1S/C11H13N3/c1-8-7-13-9(2)14(8)11-5-3-4-10(12)6-11/h3-7H,12H2,1-2H3. The van der Waals surface area contributed by atoms with Crippen LogP contribution in [0.15, 0.2) is 30.5 Å². The highest BCUT2D eigenvalue weighted by Gasteiger charge is 2.04. The van der Waals surface area contributed by atoms with E-state index in [0.29, 0.717) is 0 Å². The van der Waals surface area contributed by atoms with Crippen LogP contribution in [-0.4, -0.2) is 9.55 Å². The Morgan fingerprint density at radius 1 is 1.29 bits per heavy atom. The van der Waals surface area contributed by atoms with Crippen LogP contribution in [0.3, 0.4) is 0 Å². The summed E-state index contributed by atoms with van der Waals surface area (Å²) in [6, 6.07) is 7.80. The van der Waals surface area contributed by atoms with Crippen LogP contribution in [0.25, 0.3) is 5.69 Å². The minimum atomic E-state index is 0.773. The number of nitrogen functional groups attached to an aromatic ring is 1. The van der Waals surface area contributed by atoms with E-state index in [2.05, 4.69) is 9.55 Å². The molecule has 0 saturated carbocycles. The SMILES string of the molecule is Cc1cnc(C)n1-c1cccc(N)c1. The lowest BCUT2D eigenvalue weighted by molar-refractivity contribution is 0.941. The summed E-state index contributed by atoms with van der Waals surface area (Å²) >= 11 is 0. The van der Waals surface area contributed by atoms with Gasteiger partial charge in [-0.25, -0.2) is 4.98 Å². The van der Waals surface area contributed by atoms with Crippen LogP contribution in [-0.2, 0) is 0 Å². The summed E-state index contributed by atoms with van der Waals surface area (Å²) in [6.45, 7) is 4.01. The maximum absolute atomic E-state index is 5.73. The van der Waals surface area contributed by atoms with Crippen molar-refractivity contribution in [1.29, 1.82) is 0 Å². The number of anilines is 1. The number of nitrogens with two attached hydrogens (primary N) is 1. The molecule has 0 aliphatic heterocycles. The van der Waals surface area contributed by atoms with Crippen LogP contribution in [0.1, 0.15) is 11.5 Å². The fourth-order valence-corrected chi connectivity index (χ4v) is 1.61. The Bertz CT molecular complexity index is 438. The predicted octanol–water partition coefficient (Wildman–Crippen LogP) is 2.07. The molecular formula is C11H13N3. The molecule has 0 aliphatic rings. The van der Waals surface area contributed by atoms with Crippen molar-refractivity contribution < 1.29 is 0 Å². The van der Waals surface area contributed by atoms with Crippen LogP contribution in [0, 0.1) is 13.8 Å². The Morgan fingerprint density at radius 2 is 2.07 bits per heavy atom. The van der Waals surface area contributed by atoms with Crippen LogP contribution in [0.4, 0.5) is 5.69 Å². The first-order valence-electron chi connectivity index (χ1n) is 4.55. The molecule has 2 rings (SSSR count). The molecule has 0 bridgehead atoms. The fraction of sp³-hybridized carbons (Fsp3) is 0.182. The van der Waals surface area contributed by atoms with Gasteiger partial charge in [-0.2, -0.15) is 0 Å². The van der Waals surface area contributed by atoms with Crippen molar-refractivity contribution in [2.75, 3.05) is 5.73 Å². The average molecular weight is 187 g/mol. The molecule has 1 heterocycles. The molecule has 0 fully saturated rings.